The largest absolute Gasteiger partial charge is 0.461 e. The van der Waals surface area contributed by atoms with Crippen molar-refractivity contribution in [2.45, 2.75) is 13.3 Å². The lowest BCUT2D eigenvalue weighted by molar-refractivity contribution is 0.0520. The number of aliphatic imine (C=N–C) groups is 1. The number of esters is 1. The number of aromatic nitrogens is 2. The molecule has 0 atom stereocenters. The maximum Gasteiger partial charge on any atom is 0.361 e. The molecule has 132 valence electrons. The van der Waals surface area contributed by atoms with Crippen molar-refractivity contribution in [3.63, 3.8) is 0 Å². The van der Waals surface area contributed by atoms with Gasteiger partial charge < -0.3 is 10.5 Å². The molecule has 0 saturated carbocycles. The van der Waals surface area contributed by atoms with E-state index in [4.69, 9.17) is 10.5 Å². The van der Waals surface area contributed by atoms with Gasteiger partial charge in [0.2, 0.25) is 0 Å². The Bertz CT molecular complexity index is 902. The number of hydrogen-bond acceptors (Lipinski definition) is 4. The molecular weight excluding hydrogens is 328 g/mol. The van der Waals surface area contributed by atoms with Crippen LogP contribution in [0.25, 0.3) is 5.69 Å². The smallest absolute Gasteiger partial charge is 0.361 e. The molecule has 0 amide bonds. The van der Waals surface area contributed by atoms with Crippen LogP contribution in [0, 0.1) is 0 Å². The van der Waals surface area contributed by atoms with Crippen LogP contribution < -0.4 is 5.73 Å². The van der Waals surface area contributed by atoms with Gasteiger partial charge in [0.05, 0.1) is 18.5 Å². The Labute approximate surface area is 151 Å². The molecule has 1 heterocycles. The molecule has 0 aliphatic carbocycles. The minimum atomic E-state index is -0.520. The highest BCUT2D eigenvalue weighted by atomic mass is 16.5. The number of nitrogens with zero attached hydrogens (tertiary/aromatic N) is 3. The van der Waals surface area contributed by atoms with E-state index < -0.39 is 5.97 Å². The third-order valence-corrected chi connectivity index (χ3v) is 3.68. The maximum absolute atomic E-state index is 12.2. The molecule has 0 saturated heterocycles. The summed E-state index contributed by atoms with van der Waals surface area (Å²) >= 11 is 0. The minimum absolute atomic E-state index is 0.145. The molecule has 0 spiro atoms. The van der Waals surface area contributed by atoms with Gasteiger partial charge in [-0.1, -0.05) is 48.5 Å². The predicted octanol–water partition coefficient (Wildman–Crippen LogP) is 3.28. The topological polar surface area (TPSA) is 82.5 Å². The summed E-state index contributed by atoms with van der Waals surface area (Å²) in [5, 5.41) is 4.34. The van der Waals surface area contributed by atoms with Gasteiger partial charge in [0.1, 0.15) is 11.5 Å². The summed E-state index contributed by atoms with van der Waals surface area (Å²) in [6, 6.07) is 19.3. The number of hydrogen-bond donors (Lipinski definition) is 1. The van der Waals surface area contributed by atoms with Crippen molar-refractivity contribution in [1.82, 2.24) is 9.78 Å². The van der Waals surface area contributed by atoms with E-state index in [9.17, 15) is 4.79 Å². The molecule has 0 unspecified atom stereocenters. The Balaban J connectivity index is 1.94. The third-order valence-electron chi connectivity index (χ3n) is 3.68. The summed E-state index contributed by atoms with van der Waals surface area (Å²) in [6.45, 7) is 2.01. The van der Waals surface area contributed by atoms with Crippen molar-refractivity contribution >= 4 is 17.5 Å². The number of carbonyl (C=O) groups is 1. The SMILES string of the molecule is CCOC(=O)c1nn(-c2ccccc2)cc1N=C(N)Cc1ccccc1. The highest BCUT2D eigenvalue weighted by molar-refractivity contribution is 5.95. The van der Waals surface area contributed by atoms with Crippen molar-refractivity contribution in [2.75, 3.05) is 6.61 Å². The minimum Gasteiger partial charge on any atom is -0.461 e. The molecule has 6 heteroatoms. The first-order valence-electron chi connectivity index (χ1n) is 8.36. The van der Waals surface area contributed by atoms with Crippen LogP contribution in [0.1, 0.15) is 23.0 Å². The monoisotopic (exact) mass is 348 g/mol. The summed E-state index contributed by atoms with van der Waals surface area (Å²) in [5.41, 5.74) is 8.49. The van der Waals surface area contributed by atoms with Gasteiger partial charge >= 0.3 is 5.97 Å². The van der Waals surface area contributed by atoms with Gasteiger partial charge in [-0.25, -0.2) is 14.5 Å². The van der Waals surface area contributed by atoms with E-state index >= 15 is 0 Å². The lowest BCUT2D eigenvalue weighted by Gasteiger charge is -2.02. The number of carbonyl (C=O) groups excluding carboxylic acids is 1. The summed E-state index contributed by atoms with van der Waals surface area (Å²) < 4.78 is 6.69. The zero-order chi connectivity index (χ0) is 18.4. The number of nitrogens with two attached hydrogens (primary N) is 1. The first kappa shape index (κ1) is 17.4. The summed E-state index contributed by atoms with van der Waals surface area (Å²) in [4.78, 5) is 16.7. The highest BCUT2D eigenvalue weighted by Crippen LogP contribution is 2.22. The molecule has 0 bridgehead atoms. The van der Waals surface area contributed by atoms with Crippen LogP contribution in [0.3, 0.4) is 0 Å². The van der Waals surface area contributed by atoms with E-state index in [1.54, 1.807) is 17.8 Å². The van der Waals surface area contributed by atoms with Gasteiger partial charge in [0, 0.05) is 6.42 Å². The Morgan fingerprint density at radius 1 is 1.12 bits per heavy atom. The molecule has 3 rings (SSSR count). The lowest BCUT2D eigenvalue weighted by Crippen LogP contribution is -2.15. The zero-order valence-corrected chi connectivity index (χ0v) is 14.5. The maximum atomic E-state index is 12.2. The molecule has 26 heavy (non-hydrogen) atoms. The molecule has 1 aromatic heterocycles. The Hall–Kier alpha value is -3.41. The molecule has 2 aromatic carbocycles. The normalized spacial score (nSPS) is 11.3. The van der Waals surface area contributed by atoms with Crippen LogP contribution >= 0.6 is 0 Å². The Morgan fingerprint density at radius 3 is 2.42 bits per heavy atom. The van der Waals surface area contributed by atoms with Crippen molar-refractivity contribution in [1.29, 1.82) is 0 Å². The van der Waals surface area contributed by atoms with Gasteiger partial charge in [0.15, 0.2) is 5.69 Å². The fourth-order valence-electron chi connectivity index (χ4n) is 2.50. The van der Waals surface area contributed by atoms with Crippen LogP contribution in [0.15, 0.2) is 71.9 Å². The van der Waals surface area contributed by atoms with Crippen LogP contribution in [0.2, 0.25) is 0 Å². The predicted molar refractivity (Wildman–Crippen MR) is 101 cm³/mol. The van der Waals surface area contributed by atoms with Gasteiger partial charge in [-0.2, -0.15) is 5.10 Å². The van der Waals surface area contributed by atoms with Gasteiger partial charge in [-0.3, -0.25) is 0 Å². The number of amidine groups is 1. The summed E-state index contributed by atoms with van der Waals surface area (Å²) in [6.07, 6.45) is 2.17. The van der Waals surface area contributed by atoms with Crippen molar-refractivity contribution in [2.24, 2.45) is 10.7 Å². The number of benzene rings is 2. The highest BCUT2D eigenvalue weighted by Gasteiger charge is 2.19. The second-order valence-electron chi connectivity index (χ2n) is 5.63. The van der Waals surface area contributed by atoms with Crippen molar-refractivity contribution in [3.05, 3.63) is 78.1 Å². The zero-order valence-electron chi connectivity index (χ0n) is 14.5. The van der Waals surface area contributed by atoms with E-state index in [-0.39, 0.29) is 12.3 Å². The van der Waals surface area contributed by atoms with Crippen LogP contribution in [0.4, 0.5) is 5.69 Å². The van der Waals surface area contributed by atoms with E-state index in [0.29, 0.717) is 17.9 Å². The number of ether oxygens (including phenoxy) is 1. The molecule has 0 fully saturated rings. The fourth-order valence-corrected chi connectivity index (χ4v) is 2.50. The summed E-state index contributed by atoms with van der Waals surface area (Å²) in [5.74, 6) is -0.122. The van der Waals surface area contributed by atoms with Gasteiger partial charge in [-0.15, -0.1) is 0 Å². The van der Waals surface area contributed by atoms with Gasteiger partial charge in [0.25, 0.3) is 0 Å². The van der Waals surface area contributed by atoms with Crippen molar-refractivity contribution in [3.8, 4) is 5.69 Å². The second-order valence-corrected chi connectivity index (χ2v) is 5.63. The van der Waals surface area contributed by atoms with Gasteiger partial charge in [-0.05, 0) is 24.6 Å². The molecular formula is C20H20N4O2. The van der Waals surface area contributed by atoms with E-state index in [0.717, 1.165) is 11.3 Å². The average molecular weight is 348 g/mol. The molecule has 0 radical (unpaired) electrons. The number of rotatable bonds is 6. The van der Waals surface area contributed by atoms with Crippen molar-refractivity contribution < 1.29 is 9.53 Å². The standard InChI is InChI=1S/C20H20N4O2/c1-2-26-20(25)19-17(14-24(23-19)16-11-7-4-8-12-16)22-18(21)13-15-9-5-3-6-10-15/h3-12,14H,2,13H2,1H3,(H2,21,22). The molecule has 6 nitrogen and oxygen atoms in total. The van der Waals surface area contributed by atoms with E-state index in [2.05, 4.69) is 10.1 Å². The number of para-hydroxylation sites is 1. The first-order valence-corrected chi connectivity index (χ1v) is 8.36. The quantitative estimate of drug-likeness (QED) is 0.421. The molecule has 0 aliphatic rings. The molecule has 2 N–H and O–H groups in total. The first-order chi connectivity index (χ1) is 12.7. The lowest BCUT2D eigenvalue weighted by atomic mass is 10.1. The molecule has 3 aromatic rings. The summed E-state index contributed by atoms with van der Waals surface area (Å²) in [7, 11) is 0. The van der Waals surface area contributed by atoms with E-state index in [1.807, 2.05) is 60.7 Å². The Morgan fingerprint density at radius 2 is 1.77 bits per heavy atom. The van der Waals surface area contributed by atoms with Crippen LogP contribution in [-0.4, -0.2) is 28.2 Å². The third kappa shape index (κ3) is 4.16. The fraction of sp³-hybridized carbons (Fsp3) is 0.150. The van der Waals surface area contributed by atoms with Crippen LogP contribution in [0.5, 0.6) is 0 Å². The van der Waals surface area contributed by atoms with E-state index in [1.165, 1.54) is 0 Å². The second kappa shape index (κ2) is 8.11. The van der Waals surface area contributed by atoms with Crippen LogP contribution in [-0.2, 0) is 11.2 Å². The Kier molecular flexibility index (Phi) is 5.43. The molecule has 0 aliphatic heterocycles. The average Bonchev–Trinajstić information content (AvgIpc) is 3.07.